The van der Waals surface area contributed by atoms with Crippen LogP contribution >= 0.6 is 0 Å². The van der Waals surface area contributed by atoms with E-state index in [4.69, 9.17) is 9.47 Å². The van der Waals surface area contributed by atoms with Crippen molar-refractivity contribution in [3.8, 4) is 0 Å². The standard InChI is InChI=1S/C21H32O3/c1-5-23-20(22)21(14-12-16(2)3)13-6-7-19(21)24-15-18-10-8-17(4)9-11-18/h8-11,16,19H,5-7,12-15H2,1-4H3. The quantitative estimate of drug-likeness (QED) is 0.625. The minimum Gasteiger partial charge on any atom is -0.465 e. The molecule has 0 spiro atoms. The largest absolute Gasteiger partial charge is 0.465 e. The lowest BCUT2D eigenvalue weighted by molar-refractivity contribution is -0.165. The zero-order valence-electron chi connectivity index (χ0n) is 15.6. The van der Waals surface area contributed by atoms with E-state index in [2.05, 4.69) is 45.0 Å². The Morgan fingerprint density at radius 2 is 2.00 bits per heavy atom. The minimum absolute atomic E-state index is 0.0309. The Morgan fingerprint density at radius 3 is 2.62 bits per heavy atom. The van der Waals surface area contributed by atoms with Crippen molar-refractivity contribution in [2.45, 2.75) is 72.5 Å². The Hall–Kier alpha value is -1.35. The van der Waals surface area contributed by atoms with Gasteiger partial charge in [-0.05, 0) is 57.4 Å². The van der Waals surface area contributed by atoms with Gasteiger partial charge in [0.15, 0.2) is 0 Å². The summed E-state index contributed by atoms with van der Waals surface area (Å²) in [7, 11) is 0. The Bertz CT molecular complexity index is 520. The summed E-state index contributed by atoms with van der Waals surface area (Å²) in [6, 6.07) is 8.41. The van der Waals surface area contributed by atoms with E-state index in [1.54, 1.807) is 0 Å². The molecule has 0 bridgehead atoms. The minimum atomic E-state index is -0.453. The number of ether oxygens (including phenoxy) is 2. The van der Waals surface area contributed by atoms with Crippen LogP contribution in [0.4, 0.5) is 0 Å². The van der Waals surface area contributed by atoms with Crippen LogP contribution < -0.4 is 0 Å². The molecule has 0 heterocycles. The molecule has 2 atom stereocenters. The number of hydrogen-bond acceptors (Lipinski definition) is 3. The summed E-state index contributed by atoms with van der Waals surface area (Å²) in [5.41, 5.74) is 1.96. The van der Waals surface area contributed by atoms with Crippen LogP contribution in [0.5, 0.6) is 0 Å². The highest BCUT2D eigenvalue weighted by Gasteiger charge is 2.50. The molecule has 0 aliphatic heterocycles. The first-order valence-electron chi connectivity index (χ1n) is 9.32. The molecule has 2 unspecified atom stereocenters. The Kier molecular flexibility index (Phi) is 6.85. The van der Waals surface area contributed by atoms with Crippen LogP contribution in [0.3, 0.4) is 0 Å². The molecule has 0 aromatic heterocycles. The SMILES string of the molecule is CCOC(=O)C1(CCC(C)C)CCCC1OCc1ccc(C)cc1. The van der Waals surface area contributed by atoms with Gasteiger partial charge in [-0.25, -0.2) is 0 Å². The zero-order chi connectivity index (χ0) is 17.6. The summed E-state index contributed by atoms with van der Waals surface area (Å²) < 4.78 is 11.7. The number of carbonyl (C=O) groups excluding carboxylic acids is 1. The van der Waals surface area contributed by atoms with E-state index < -0.39 is 5.41 Å². The highest BCUT2D eigenvalue weighted by atomic mass is 16.5. The maximum atomic E-state index is 12.7. The van der Waals surface area contributed by atoms with Crippen molar-refractivity contribution in [1.82, 2.24) is 0 Å². The molecule has 0 radical (unpaired) electrons. The molecule has 1 aromatic carbocycles. The zero-order valence-corrected chi connectivity index (χ0v) is 15.6. The first kappa shape index (κ1) is 19.0. The third kappa shape index (κ3) is 4.60. The lowest BCUT2D eigenvalue weighted by Crippen LogP contribution is -2.41. The second kappa shape index (κ2) is 8.66. The van der Waals surface area contributed by atoms with Crippen molar-refractivity contribution in [1.29, 1.82) is 0 Å². The van der Waals surface area contributed by atoms with Crippen molar-refractivity contribution < 1.29 is 14.3 Å². The van der Waals surface area contributed by atoms with Gasteiger partial charge in [0.1, 0.15) is 0 Å². The number of benzene rings is 1. The van der Waals surface area contributed by atoms with Gasteiger partial charge in [0.05, 0.1) is 24.7 Å². The van der Waals surface area contributed by atoms with E-state index in [9.17, 15) is 4.79 Å². The van der Waals surface area contributed by atoms with Gasteiger partial charge in [0.2, 0.25) is 0 Å². The highest BCUT2D eigenvalue weighted by molar-refractivity contribution is 5.78. The summed E-state index contributed by atoms with van der Waals surface area (Å²) in [5.74, 6) is 0.520. The second-order valence-corrected chi connectivity index (χ2v) is 7.49. The average molecular weight is 332 g/mol. The molecule has 2 rings (SSSR count). The van der Waals surface area contributed by atoms with E-state index >= 15 is 0 Å². The van der Waals surface area contributed by atoms with E-state index in [0.717, 1.165) is 37.7 Å². The molecule has 3 nitrogen and oxygen atoms in total. The summed E-state index contributed by atoms with van der Waals surface area (Å²) in [6.45, 7) is 9.37. The second-order valence-electron chi connectivity index (χ2n) is 7.49. The molecular weight excluding hydrogens is 300 g/mol. The molecule has 0 amide bonds. The van der Waals surface area contributed by atoms with Crippen LogP contribution in [-0.2, 0) is 20.9 Å². The molecule has 1 aliphatic carbocycles. The summed E-state index contributed by atoms with van der Waals surface area (Å²) in [5, 5.41) is 0. The third-order valence-corrected chi connectivity index (χ3v) is 5.13. The van der Waals surface area contributed by atoms with E-state index in [1.807, 2.05) is 6.92 Å². The lowest BCUT2D eigenvalue weighted by Gasteiger charge is -2.33. The Morgan fingerprint density at radius 1 is 1.29 bits per heavy atom. The van der Waals surface area contributed by atoms with Crippen LogP contribution in [0.25, 0.3) is 0 Å². The number of carbonyl (C=O) groups is 1. The van der Waals surface area contributed by atoms with Gasteiger partial charge in [-0.15, -0.1) is 0 Å². The predicted molar refractivity (Wildman–Crippen MR) is 96.7 cm³/mol. The monoisotopic (exact) mass is 332 g/mol. The molecule has 1 aliphatic rings. The fourth-order valence-corrected chi connectivity index (χ4v) is 3.61. The van der Waals surface area contributed by atoms with Gasteiger partial charge >= 0.3 is 5.97 Å². The molecule has 1 saturated carbocycles. The molecular formula is C21H32O3. The lowest BCUT2D eigenvalue weighted by atomic mass is 9.78. The third-order valence-electron chi connectivity index (χ3n) is 5.13. The van der Waals surface area contributed by atoms with Gasteiger partial charge in [0, 0.05) is 0 Å². The highest BCUT2D eigenvalue weighted by Crippen LogP contribution is 2.46. The molecule has 1 fully saturated rings. The molecule has 3 heteroatoms. The van der Waals surface area contributed by atoms with Gasteiger partial charge in [-0.2, -0.15) is 0 Å². The topological polar surface area (TPSA) is 35.5 Å². The van der Waals surface area contributed by atoms with Crippen molar-refractivity contribution in [3.63, 3.8) is 0 Å². The molecule has 0 N–H and O–H groups in total. The van der Waals surface area contributed by atoms with Crippen LogP contribution in [0, 0.1) is 18.3 Å². The first-order chi connectivity index (χ1) is 11.5. The maximum absolute atomic E-state index is 12.7. The van der Waals surface area contributed by atoms with Crippen LogP contribution in [0.1, 0.15) is 64.0 Å². The van der Waals surface area contributed by atoms with Gasteiger partial charge in [-0.1, -0.05) is 43.7 Å². The van der Waals surface area contributed by atoms with Gasteiger partial charge in [-0.3, -0.25) is 4.79 Å². The molecule has 1 aromatic rings. The number of rotatable bonds is 8. The Balaban J connectivity index is 2.08. The number of aryl methyl sites for hydroxylation is 1. The van der Waals surface area contributed by atoms with Crippen molar-refractivity contribution in [2.24, 2.45) is 11.3 Å². The van der Waals surface area contributed by atoms with Crippen LogP contribution in [0.2, 0.25) is 0 Å². The van der Waals surface area contributed by atoms with Crippen molar-refractivity contribution >= 4 is 5.97 Å². The summed E-state index contributed by atoms with van der Waals surface area (Å²) >= 11 is 0. The summed E-state index contributed by atoms with van der Waals surface area (Å²) in [4.78, 5) is 12.7. The fraction of sp³-hybridized carbons (Fsp3) is 0.667. The normalized spacial score (nSPS) is 23.6. The fourth-order valence-electron chi connectivity index (χ4n) is 3.61. The van der Waals surface area contributed by atoms with E-state index in [-0.39, 0.29) is 12.1 Å². The molecule has 134 valence electrons. The first-order valence-corrected chi connectivity index (χ1v) is 9.32. The van der Waals surface area contributed by atoms with Crippen molar-refractivity contribution in [3.05, 3.63) is 35.4 Å². The number of hydrogen-bond donors (Lipinski definition) is 0. The van der Waals surface area contributed by atoms with Gasteiger partial charge in [0.25, 0.3) is 0 Å². The Labute approximate surface area is 146 Å². The molecule has 24 heavy (non-hydrogen) atoms. The van der Waals surface area contributed by atoms with Gasteiger partial charge < -0.3 is 9.47 Å². The van der Waals surface area contributed by atoms with Crippen LogP contribution in [-0.4, -0.2) is 18.7 Å². The van der Waals surface area contributed by atoms with Crippen molar-refractivity contribution in [2.75, 3.05) is 6.61 Å². The predicted octanol–water partition coefficient (Wildman–Crippen LogP) is 5.05. The molecule has 0 saturated heterocycles. The summed E-state index contributed by atoms with van der Waals surface area (Å²) in [6.07, 6.45) is 4.73. The smallest absolute Gasteiger partial charge is 0.314 e. The van der Waals surface area contributed by atoms with E-state index in [1.165, 1.54) is 5.56 Å². The average Bonchev–Trinajstić information content (AvgIpc) is 2.97. The number of esters is 1. The maximum Gasteiger partial charge on any atom is 0.314 e. The van der Waals surface area contributed by atoms with E-state index in [0.29, 0.717) is 19.1 Å². The van der Waals surface area contributed by atoms with Crippen LogP contribution in [0.15, 0.2) is 24.3 Å².